The van der Waals surface area contributed by atoms with E-state index in [9.17, 15) is 9.59 Å². The van der Waals surface area contributed by atoms with Crippen LogP contribution in [-0.4, -0.2) is 22.1 Å². The molecule has 6 heteroatoms. The molecule has 0 unspecified atom stereocenters. The van der Waals surface area contributed by atoms with Gasteiger partial charge in [-0.15, -0.1) is 0 Å². The van der Waals surface area contributed by atoms with Gasteiger partial charge in [0.25, 0.3) is 0 Å². The first kappa shape index (κ1) is 13.8. The van der Waals surface area contributed by atoms with Crippen LogP contribution in [-0.2, 0) is 17.8 Å². The van der Waals surface area contributed by atoms with Crippen LogP contribution in [0.1, 0.15) is 27.4 Å². The summed E-state index contributed by atoms with van der Waals surface area (Å²) < 4.78 is 4.97. The zero-order valence-electron chi connectivity index (χ0n) is 10.9. The molecule has 0 radical (unpaired) electrons. The van der Waals surface area contributed by atoms with Crippen LogP contribution in [0.25, 0.3) is 0 Å². The third kappa shape index (κ3) is 3.44. The number of hydrogen-bond donors (Lipinski definition) is 2. The molecule has 0 fully saturated rings. The number of carboxylic acid groups (broad SMARTS) is 1. The highest BCUT2D eigenvalue weighted by Gasteiger charge is 2.12. The summed E-state index contributed by atoms with van der Waals surface area (Å²) in [6, 6.07) is 8.16. The fourth-order valence-electron chi connectivity index (χ4n) is 1.80. The summed E-state index contributed by atoms with van der Waals surface area (Å²) >= 11 is 0. The number of carbonyl (C=O) groups is 2. The summed E-state index contributed by atoms with van der Waals surface area (Å²) in [5.41, 5.74) is 1.36. The molecule has 1 aromatic heterocycles. The minimum Gasteiger partial charge on any atom is -0.478 e. The fourth-order valence-corrected chi connectivity index (χ4v) is 1.80. The van der Waals surface area contributed by atoms with Gasteiger partial charge in [-0.3, -0.25) is 4.79 Å². The molecular formula is C14H14N2O4. The number of aromatic nitrogens is 1. The van der Waals surface area contributed by atoms with Crippen molar-refractivity contribution in [1.29, 1.82) is 0 Å². The number of amides is 1. The molecule has 1 aromatic carbocycles. The van der Waals surface area contributed by atoms with Gasteiger partial charge in [-0.05, 0) is 18.6 Å². The average Bonchev–Trinajstić information content (AvgIpc) is 2.83. The Morgan fingerprint density at radius 1 is 1.35 bits per heavy atom. The van der Waals surface area contributed by atoms with Crippen molar-refractivity contribution in [3.63, 3.8) is 0 Å². The number of carbonyl (C=O) groups excluding carboxylic acids is 1. The highest BCUT2D eigenvalue weighted by atomic mass is 16.5. The van der Waals surface area contributed by atoms with E-state index < -0.39 is 5.97 Å². The molecule has 1 amide bonds. The molecule has 20 heavy (non-hydrogen) atoms. The summed E-state index contributed by atoms with van der Waals surface area (Å²) in [7, 11) is 0. The second-order valence-corrected chi connectivity index (χ2v) is 4.35. The quantitative estimate of drug-likeness (QED) is 0.862. The Balaban J connectivity index is 1.96. The van der Waals surface area contributed by atoms with E-state index >= 15 is 0 Å². The Morgan fingerprint density at radius 3 is 2.75 bits per heavy atom. The van der Waals surface area contributed by atoms with Crippen LogP contribution in [0, 0.1) is 6.92 Å². The number of benzene rings is 1. The van der Waals surface area contributed by atoms with Crippen LogP contribution in [0.5, 0.6) is 0 Å². The van der Waals surface area contributed by atoms with Crippen molar-refractivity contribution < 1.29 is 19.2 Å². The highest BCUT2D eigenvalue weighted by molar-refractivity contribution is 5.91. The molecule has 0 aliphatic rings. The second-order valence-electron chi connectivity index (χ2n) is 4.35. The van der Waals surface area contributed by atoms with Gasteiger partial charge in [0.1, 0.15) is 0 Å². The molecule has 6 nitrogen and oxygen atoms in total. The van der Waals surface area contributed by atoms with Crippen LogP contribution in [0.4, 0.5) is 0 Å². The standard InChI is InChI=1S/C14H14N2O4/c1-9-6-11(20-16-9)8-15-13(17)7-10-4-2-3-5-12(10)14(18)19/h2-6H,7-8H2,1H3,(H,15,17)(H,18,19). The Labute approximate surface area is 115 Å². The van der Waals surface area contributed by atoms with E-state index in [1.54, 1.807) is 31.2 Å². The normalized spacial score (nSPS) is 10.2. The third-order valence-electron chi connectivity index (χ3n) is 2.74. The second kappa shape index (κ2) is 6.01. The lowest BCUT2D eigenvalue weighted by atomic mass is 10.0. The molecule has 0 spiro atoms. The smallest absolute Gasteiger partial charge is 0.335 e. The van der Waals surface area contributed by atoms with E-state index in [1.165, 1.54) is 6.07 Å². The van der Waals surface area contributed by atoms with Crippen LogP contribution < -0.4 is 5.32 Å². The van der Waals surface area contributed by atoms with Crippen molar-refractivity contribution in [2.24, 2.45) is 0 Å². The van der Waals surface area contributed by atoms with E-state index in [1.807, 2.05) is 0 Å². The fraction of sp³-hybridized carbons (Fsp3) is 0.214. The minimum atomic E-state index is -1.04. The van der Waals surface area contributed by atoms with E-state index in [2.05, 4.69) is 10.5 Å². The number of nitrogens with zero attached hydrogens (tertiary/aromatic N) is 1. The maximum atomic E-state index is 11.8. The van der Waals surface area contributed by atoms with Crippen molar-refractivity contribution in [3.8, 4) is 0 Å². The summed E-state index contributed by atoms with van der Waals surface area (Å²) in [6.07, 6.45) is 0.00952. The van der Waals surface area contributed by atoms with Crippen molar-refractivity contribution >= 4 is 11.9 Å². The van der Waals surface area contributed by atoms with Gasteiger partial charge in [0.15, 0.2) is 5.76 Å². The van der Waals surface area contributed by atoms with Crippen molar-refractivity contribution in [2.45, 2.75) is 19.9 Å². The van der Waals surface area contributed by atoms with Gasteiger partial charge in [-0.2, -0.15) is 0 Å². The lowest BCUT2D eigenvalue weighted by Gasteiger charge is -2.06. The molecular weight excluding hydrogens is 260 g/mol. The van der Waals surface area contributed by atoms with E-state index in [0.717, 1.165) is 5.69 Å². The number of nitrogens with one attached hydrogen (secondary N) is 1. The predicted octanol–water partition coefficient (Wildman–Crippen LogP) is 1.54. The zero-order valence-corrected chi connectivity index (χ0v) is 10.9. The van der Waals surface area contributed by atoms with Crippen LogP contribution in [0.15, 0.2) is 34.9 Å². The van der Waals surface area contributed by atoms with Crippen LogP contribution >= 0.6 is 0 Å². The number of carboxylic acids is 1. The van der Waals surface area contributed by atoms with Gasteiger partial charge < -0.3 is 14.9 Å². The summed E-state index contributed by atoms with van der Waals surface area (Å²) in [5.74, 6) is -0.755. The van der Waals surface area contributed by atoms with Crippen LogP contribution in [0.3, 0.4) is 0 Å². The number of rotatable bonds is 5. The van der Waals surface area contributed by atoms with Gasteiger partial charge in [-0.25, -0.2) is 4.79 Å². The van der Waals surface area contributed by atoms with E-state index in [0.29, 0.717) is 11.3 Å². The summed E-state index contributed by atoms with van der Waals surface area (Å²) in [4.78, 5) is 22.8. The van der Waals surface area contributed by atoms with Gasteiger partial charge in [0.05, 0.1) is 24.2 Å². The molecule has 0 aliphatic carbocycles. The molecule has 0 aliphatic heterocycles. The third-order valence-corrected chi connectivity index (χ3v) is 2.74. The van der Waals surface area contributed by atoms with Gasteiger partial charge in [-0.1, -0.05) is 23.4 Å². The number of aryl methyl sites for hydroxylation is 1. The number of hydrogen-bond acceptors (Lipinski definition) is 4. The summed E-state index contributed by atoms with van der Waals surface area (Å²) in [5, 5.41) is 15.4. The molecule has 0 saturated heterocycles. The van der Waals surface area contributed by atoms with Crippen molar-refractivity contribution in [2.75, 3.05) is 0 Å². The van der Waals surface area contributed by atoms with Crippen LogP contribution in [0.2, 0.25) is 0 Å². The predicted molar refractivity (Wildman–Crippen MR) is 70.2 cm³/mol. The lowest BCUT2D eigenvalue weighted by molar-refractivity contribution is -0.120. The molecule has 2 N–H and O–H groups in total. The maximum Gasteiger partial charge on any atom is 0.335 e. The summed E-state index contributed by atoms with van der Waals surface area (Å²) in [6.45, 7) is 2.02. The molecule has 104 valence electrons. The van der Waals surface area contributed by atoms with Gasteiger partial charge in [0.2, 0.25) is 5.91 Å². The van der Waals surface area contributed by atoms with Gasteiger partial charge in [0, 0.05) is 6.07 Å². The van der Waals surface area contributed by atoms with E-state index in [-0.39, 0.29) is 24.4 Å². The maximum absolute atomic E-state index is 11.8. The first-order chi connectivity index (χ1) is 9.56. The first-order valence-electron chi connectivity index (χ1n) is 6.06. The molecule has 2 rings (SSSR count). The topological polar surface area (TPSA) is 92.4 Å². The Bertz CT molecular complexity index is 634. The average molecular weight is 274 g/mol. The van der Waals surface area contributed by atoms with Crippen molar-refractivity contribution in [1.82, 2.24) is 10.5 Å². The molecule has 2 aromatic rings. The van der Waals surface area contributed by atoms with Crippen molar-refractivity contribution in [3.05, 3.63) is 52.9 Å². The monoisotopic (exact) mass is 274 g/mol. The van der Waals surface area contributed by atoms with Gasteiger partial charge >= 0.3 is 5.97 Å². The minimum absolute atomic E-state index is 0.00952. The first-order valence-corrected chi connectivity index (χ1v) is 6.06. The zero-order chi connectivity index (χ0) is 14.5. The molecule has 0 saturated carbocycles. The Hall–Kier alpha value is -2.63. The molecule has 1 heterocycles. The number of aromatic carboxylic acids is 1. The molecule has 0 bridgehead atoms. The molecule has 0 atom stereocenters. The SMILES string of the molecule is Cc1cc(CNC(=O)Cc2ccccc2C(=O)O)on1. The van der Waals surface area contributed by atoms with E-state index in [4.69, 9.17) is 9.63 Å². The lowest BCUT2D eigenvalue weighted by Crippen LogP contribution is -2.25. The highest BCUT2D eigenvalue weighted by Crippen LogP contribution is 2.09. The Kier molecular flexibility index (Phi) is 4.14. The Morgan fingerprint density at radius 2 is 2.10 bits per heavy atom. The largest absolute Gasteiger partial charge is 0.478 e.